The number of aromatic nitrogens is 1. The molecule has 2 aromatic rings. The molecule has 0 saturated heterocycles. The maximum atomic E-state index is 11.7. The van der Waals surface area contributed by atoms with Crippen molar-refractivity contribution in [3.8, 4) is 16.3 Å². The Bertz CT molecular complexity index is 632. The van der Waals surface area contributed by atoms with Crippen LogP contribution in [0.4, 0.5) is 9.80 Å². The first kappa shape index (κ1) is 15.3. The maximum absolute atomic E-state index is 11.7. The van der Waals surface area contributed by atoms with Crippen molar-refractivity contribution in [1.29, 1.82) is 0 Å². The maximum Gasteiger partial charge on any atom is 0.412 e. The van der Waals surface area contributed by atoms with Crippen molar-refractivity contribution in [1.82, 2.24) is 4.98 Å². The van der Waals surface area contributed by atoms with Crippen molar-refractivity contribution >= 4 is 22.4 Å². The van der Waals surface area contributed by atoms with E-state index < -0.39 is 11.7 Å². The fourth-order valence-electron chi connectivity index (χ4n) is 1.63. The second-order valence-electron chi connectivity index (χ2n) is 5.39. The topological polar surface area (TPSA) is 60.5 Å². The average molecular weight is 306 g/mol. The van der Waals surface area contributed by atoms with Gasteiger partial charge in [0, 0.05) is 5.56 Å². The van der Waals surface area contributed by atoms with Crippen LogP contribution >= 0.6 is 11.3 Å². The molecule has 0 saturated carbocycles. The van der Waals surface area contributed by atoms with Gasteiger partial charge in [-0.15, -0.1) is 0 Å². The van der Waals surface area contributed by atoms with Gasteiger partial charge >= 0.3 is 6.09 Å². The van der Waals surface area contributed by atoms with E-state index >= 15 is 0 Å². The van der Waals surface area contributed by atoms with Crippen molar-refractivity contribution in [2.24, 2.45) is 0 Å². The van der Waals surface area contributed by atoms with Gasteiger partial charge < -0.3 is 9.47 Å². The molecule has 0 unspecified atom stereocenters. The molecule has 0 aliphatic carbocycles. The number of benzene rings is 1. The second kappa shape index (κ2) is 6.13. The minimum atomic E-state index is -0.523. The Kier molecular flexibility index (Phi) is 4.47. The molecule has 0 aliphatic rings. The summed E-state index contributed by atoms with van der Waals surface area (Å²) in [4.78, 5) is 16.0. The molecule has 6 heteroatoms. The Balaban J connectivity index is 2.09. The van der Waals surface area contributed by atoms with Crippen molar-refractivity contribution in [3.63, 3.8) is 0 Å². The first-order valence-corrected chi connectivity index (χ1v) is 7.29. The lowest BCUT2D eigenvalue weighted by Gasteiger charge is -2.19. The summed E-state index contributed by atoms with van der Waals surface area (Å²) in [5.74, 6) is 0.768. The number of hydrogen-bond donors (Lipinski definition) is 1. The fraction of sp³-hybridized carbons (Fsp3) is 0.333. The minimum absolute atomic E-state index is 0.483. The van der Waals surface area contributed by atoms with Gasteiger partial charge in [-0.3, -0.25) is 5.32 Å². The highest BCUT2D eigenvalue weighted by molar-refractivity contribution is 7.19. The van der Waals surface area contributed by atoms with E-state index in [-0.39, 0.29) is 0 Å². The molecule has 112 valence electrons. The highest BCUT2D eigenvalue weighted by Gasteiger charge is 2.17. The van der Waals surface area contributed by atoms with Gasteiger partial charge in [-0.2, -0.15) is 0 Å². The zero-order chi connectivity index (χ0) is 15.5. The van der Waals surface area contributed by atoms with E-state index in [1.807, 2.05) is 45.0 Å². The lowest BCUT2D eigenvalue weighted by molar-refractivity contribution is 0.0636. The number of carbonyl (C=O) groups excluding carboxylic acids is 1. The Morgan fingerprint density at radius 1 is 1.33 bits per heavy atom. The van der Waals surface area contributed by atoms with Gasteiger partial charge in [-0.25, -0.2) is 9.78 Å². The van der Waals surface area contributed by atoms with Gasteiger partial charge in [0.15, 0.2) is 0 Å². The van der Waals surface area contributed by atoms with Crippen molar-refractivity contribution in [2.75, 3.05) is 12.4 Å². The summed E-state index contributed by atoms with van der Waals surface area (Å²) in [6.45, 7) is 5.46. The number of carbonyl (C=O) groups is 1. The molecular weight excluding hydrogens is 288 g/mol. The predicted octanol–water partition coefficient (Wildman–Crippen LogP) is 4.17. The fourth-order valence-corrected chi connectivity index (χ4v) is 2.42. The van der Waals surface area contributed by atoms with Gasteiger partial charge in [0.2, 0.25) is 0 Å². The standard InChI is InChI=1S/C15H18N2O3S/c1-15(2,3)20-14(18)17-12-9-16-13(21-12)10-6-5-7-11(8-10)19-4/h5-9H,1-4H3,(H,17,18). The van der Waals surface area contributed by atoms with E-state index in [0.29, 0.717) is 5.00 Å². The summed E-state index contributed by atoms with van der Waals surface area (Å²) >= 11 is 1.38. The van der Waals surface area contributed by atoms with Gasteiger partial charge in [0.05, 0.1) is 13.3 Å². The van der Waals surface area contributed by atoms with E-state index in [4.69, 9.17) is 9.47 Å². The summed E-state index contributed by atoms with van der Waals surface area (Å²) < 4.78 is 10.4. The molecule has 0 fully saturated rings. The van der Waals surface area contributed by atoms with Crippen LogP contribution in [0.15, 0.2) is 30.5 Å². The van der Waals surface area contributed by atoms with E-state index in [9.17, 15) is 4.79 Å². The zero-order valence-electron chi connectivity index (χ0n) is 12.5. The summed E-state index contributed by atoms with van der Waals surface area (Å²) in [6, 6.07) is 7.61. The van der Waals surface area contributed by atoms with Crippen molar-refractivity contribution in [3.05, 3.63) is 30.5 Å². The number of thiazole rings is 1. The van der Waals surface area contributed by atoms with Gasteiger partial charge in [-0.1, -0.05) is 23.5 Å². The third-order valence-electron chi connectivity index (χ3n) is 2.45. The zero-order valence-corrected chi connectivity index (χ0v) is 13.3. The number of ether oxygens (including phenoxy) is 2. The first-order chi connectivity index (χ1) is 9.87. The molecule has 1 aromatic carbocycles. The van der Waals surface area contributed by atoms with Crippen LogP contribution in [0.5, 0.6) is 5.75 Å². The molecule has 0 spiro atoms. The monoisotopic (exact) mass is 306 g/mol. The number of amides is 1. The number of hydrogen-bond acceptors (Lipinski definition) is 5. The average Bonchev–Trinajstić information content (AvgIpc) is 2.85. The van der Waals surface area contributed by atoms with Gasteiger partial charge in [-0.05, 0) is 32.9 Å². The van der Waals surface area contributed by atoms with Gasteiger partial charge in [0.25, 0.3) is 0 Å². The van der Waals surface area contributed by atoms with E-state index in [2.05, 4.69) is 10.3 Å². The summed E-state index contributed by atoms with van der Waals surface area (Å²) in [6.07, 6.45) is 1.13. The van der Waals surface area contributed by atoms with Crippen molar-refractivity contribution < 1.29 is 14.3 Å². The smallest absolute Gasteiger partial charge is 0.412 e. The van der Waals surface area contributed by atoms with Crippen LogP contribution in [-0.2, 0) is 4.74 Å². The quantitative estimate of drug-likeness (QED) is 0.924. The van der Waals surface area contributed by atoms with Crippen molar-refractivity contribution in [2.45, 2.75) is 26.4 Å². The van der Waals surface area contributed by atoms with E-state index in [1.54, 1.807) is 13.3 Å². The Labute approximate surface area is 127 Å². The number of nitrogens with one attached hydrogen (secondary N) is 1. The molecule has 1 aromatic heterocycles. The largest absolute Gasteiger partial charge is 0.497 e. The highest BCUT2D eigenvalue weighted by Crippen LogP contribution is 2.30. The van der Waals surface area contributed by atoms with E-state index in [1.165, 1.54) is 11.3 Å². The van der Waals surface area contributed by atoms with Crippen LogP contribution in [0, 0.1) is 0 Å². The normalized spacial score (nSPS) is 11.0. The van der Waals surface area contributed by atoms with Crippen LogP contribution < -0.4 is 10.1 Å². The Morgan fingerprint density at radius 2 is 2.10 bits per heavy atom. The Hall–Kier alpha value is -2.08. The van der Waals surface area contributed by atoms with Gasteiger partial charge in [0.1, 0.15) is 21.4 Å². The number of methoxy groups -OCH3 is 1. The molecule has 0 radical (unpaired) electrons. The molecule has 0 atom stereocenters. The molecule has 1 N–H and O–H groups in total. The summed E-state index contributed by atoms with van der Waals surface area (Å²) in [5, 5.41) is 4.13. The number of rotatable bonds is 3. The van der Waals surface area contributed by atoms with Crippen LogP contribution in [0.2, 0.25) is 0 Å². The number of anilines is 1. The summed E-state index contributed by atoms with van der Waals surface area (Å²) in [7, 11) is 1.62. The molecule has 0 aliphatic heterocycles. The van der Waals surface area contributed by atoms with Crippen LogP contribution in [-0.4, -0.2) is 23.8 Å². The molecular formula is C15H18N2O3S. The second-order valence-corrected chi connectivity index (χ2v) is 6.42. The first-order valence-electron chi connectivity index (χ1n) is 6.47. The summed E-state index contributed by atoms with van der Waals surface area (Å²) in [5.41, 5.74) is 0.418. The minimum Gasteiger partial charge on any atom is -0.497 e. The SMILES string of the molecule is COc1cccc(-c2ncc(NC(=O)OC(C)(C)C)s2)c1. The van der Waals surface area contributed by atoms with Crippen LogP contribution in [0.1, 0.15) is 20.8 Å². The Morgan fingerprint density at radius 3 is 2.76 bits per heavy atom. The molecule has 21 heavy (non-hydrogen) atoms. The molecule has 1 amide bonds. The third kappa shape index (κ3) is 4.46. The lowest BCUT2D eigenvalue weighted by atomic mass is 10.2. The molecule has 0 bridgehead atoms. The van der Waals surface area contributed by atoms with E-state index in [0.717, 1.165) is 16.3 Å². The molecule has 1 heterocycles. The highest BCUT2D eigenvalue weighted by atomic mass is 32.1. The predicted molar refractivity (Wildman–Crippen MR) is 84.0 cm³/mol. The lowest BCUT2D eigenvalue weighted by Crippen LogP contribution is -2.26. The van der Waals surface area contributed by atoms with Crippen LogP contribution in [0.3, 0.4) is 0 Å². The van der Waals surface area contributed by atoms with Crippen LogP contribution in [0.25, 0.3) is 10.6 Å². The number of nitrogens with zero attached hydrogens (tertiary/aromatic N) is 1. The molecule has 2 rings (SSSR count). The molecule has 5 nitrogen and oxygen atoms in total. The third-order valence-corrected chi connectivity index (χ3v) is 3.41.